The van der Waals surface area contributed by atoms with Crippen LogP contribution >= 0.6 is 0 Å². The Labute approximate surface area is 150 Å². The second kappa shape index (κ2) is 11.0. The summed E-state index contributed by atoms with van der Waals surface area (Å²) in [7, 11) is 0. The van der Waals surface area contributed by atoms with Crippen molar-refractivity contribution < 1.29 is 14.6 Å². The Morgan fingerprint density at radius 1 is 1.12 bits per heavy atom. The molecule has 1 fully saturated rings. The van der Waals surface area contributed by atoms with Crippen LogP contribution in [0.15, 0.2) is 0 Å². The van der Waals surface area contributed by atoms with Gasteiger partial charge >= 0.3 is 6.09 Å². The van der Waals surface area contributed by atoms with E-state index in [1.54, 1.807) is 4.90 Å². The molecule has 0 saturated carbocycles. The molecule has 0 spiro atoms. The standard InChI is InChI=1S/C10H19NO2.C10H22O/c1-8-5-6-11(7-8)9(12)13-10(2,3)4;1-4-6-8-10(3,11)9-7-5-2/h8H,5-7H2,1-4H3;11H,4-9H2,1-3H3. The number of rotatable bonds is 6. The van der Waals surface area contributed by atoms with Gasteiger partial charge in [0, 0.05) is 13.1 Å². The van der Waals surface area contributed by atoms with E-state index in [1.165, 1.54) is 12.8 Å². The molecule has 1 rings (SSSR count). The van der Waals surface area contributed by atoms with E-state index in [-0.39, 0.29) is 11.7 Å². The van der Waals surface area contributed by atoms with Crippen molar-refractivity contribution in [2.45, 2.75) is 105 Å². The molecule has 144 valence electrons. The lowest BCUT2D eigenvalue weighted by Gasteiger charge is -2.24. The number of hydrogen-bond acceptors (Lipinski definition) is 3. The smallest absolute Gasteiger partial charge is 0.410 e. The molecular weight excluding hydrogens is 302 g/mol. The first-order valence-corrected chi connectivity index (χ1v) is 9.71. The van der Waals surface area contributed by atoms with Gasteiger partial charge in [0.2, 0.25) is 0 Å². The molecule has 1 heterocycles. The molecule has 0 aliphatic carbocycles. The summed E-state index contributed by atoms with van der Waals surface area (Å²) in [5.41, 5.74) is -0.769. The van der Waals surface area contributed by atoms with Crippen LogP contribution in [-0.4, -0.2) is 40.4 Å². The molecule has 1 saturated heterocycles. The van der Waals surface area contributed by atoms with Gasteiger partial charge in [-0.05, 0) is 52.9 Å². The highest BCUT2D eigenvalue weighted by Gasteiger charge is 2.27. The van der Waals surface area contributed by atoms with Crippen molar-refractivity contribution in [2.75, 3.05) is 13.1 Å². The van der Waals surface area contributed by atoms with E-state index in [0.717, 1.165) is 45.2 Å². The zero-order valence-corrected chi connectivity index (χ0v) is 17.2. The second-order valence-corrected chi connectivity index (χ2v) is 8.52. The van der Waals surface area contributed by atoms with Gasteiger partial charge in [-0.2, -0.15) is 0 Å². The van der Waals surface area contributed by atoms with Crippen molar-refractivity contribution in [1.29, 1.82) is 0 Å². The third kappa shape index (κ3) is 11.7. The number of carbonyl (C=O) groups excluding carboxylic acids is 1. The molecule has 0 aromatic rings. The Morgan fingerprint density at radius 2 is 1.62 bits per heavy atom. The predicted molar refractivity (Wildman–Crippen MR) is 101 cm³/mol. The summed E-state index contributed by atoms with van der Waals surface area (Å²) in [6.45, 7) is 15.8. The van der Waals surface area contributed by atoms with Crippen LogP contribution in [-0.2, 0) is 4.74 Å². The van der Waals surface area contributed by atoms with Gasteiger partial charge in [-0.15, -0.1) is 0 Å². The number of ether oxygens (including phenoxy) is 1. The monoisotopic (exact) mass is 343 g/mol. The molecule has 1 aliphatic rings. The normalized spacial score (nSPS) is 18.2. The molecule has 1 aliphatic heterocycles. The molecular formula is C20H41NO3. The molecule has 4 heteroatoms. The maximum absolute atomic E-state index is 11.5. The van der Waals surface area contributed by atoms with Crippen LogP contribution in [0.1, 0.15) is 93.4 Å². The molecule has 1 amide bonds. The van der Waals surface area contributed by atoms with Crippen molar-refractivity contribution in [3.63, 3.8) is 0 Å². The van der Waals surface area contributed by atoms with Crippen LogP contribution in [0, 0.1) is 5.92 Å². The summed E-state index contributed by atoms with van der Waals surface area (Å²) in [6, 6.07) is 0. The van der Waals surface area contributed by atoms with Crippen molar-refractivity contribution in [2.24, 2.45) is 5.92 Å². The number of nitrogens with zero attached hydrogens (tertiary/aromatic N) is 1. The highest BCUT2D eigenvalue weighted by atomic mass is 16.6. The third-order valence-corrected chi connectivity index (χ3v) is 4.21. The lowest BCUT2D eigenvalue weighted by Crippen LogP contribution is -2.35. The van der Waals surface area contributed by atoms with Crippen molar-refractivity contribution in [3.8, 4) is 0 Å². The summed E-state index contributed by atoms with van der Waals surface area (Å²) < 4.78 is 5.26. The minimum atomic E-state index is -0.397. The number of carbonyl (C=O) groups is 1. The zero-order valence-electron chi connectivity index (χ0n) is 17.2. The van der Waals surface area contributed by atoms with E-state index < -0.39 is 5.60 Å². The van der Waals surface area contributed by atoms with Crippen LogP contribution in [0.3, 0.4) is 0 Å². The van der Waals surface area contributed by atoms with Gasteiger partial charge < -0.3 is 14.7 Å². The molecule has 0 aromatic heterocycles. The van der Waals surface area contributed by atoms with E-state index in [0.29, 0.717) is 5.92 Å². The van der Waals surface area contributed by atoms with E-state index in [9.17, 15) is 9.90 Å². The fourth-order valence-corrected chi connectivity index (χ4v) is 2.67. The number of unbranched alkanes of at least 4 members (excludes halogenated alkanes) is 2. The topological polar surface area (TPSA) is 49.8 Å². The zero-order chi connectivity index (χ0) is 18.8. The number of hydrogen-bond donors (Lipinski definition) is 1. The van der Waals surface area contributed by atoms with Gasteiger partial charge in [0.25, 0.3) is 0 Å². The summed E-state index contributed by atoms with van der Waals surface area (Å²) >= 11 is 0. The Bertz CT molecular complexity index is 337. The van der Waals surface area contributed by atoms with Gasteiger partial charge in [-0.3, -0.25) is 0 Å². The van der Waals surface area contributed by atoms with E-state index in [1.807, 2.05) is 27.7 Å². The van der Waals surface area contributed by atoms with Crippen molar-refractivity contribution >= 4 is 6.09 Å². The predicted octanol–water partition coefficient (Wildman–Crippen LogP) is 5.38. The summed E-state index contributed by atoms with van der Waals surface area (Å²) in [5, 5.41) is 9.78. The van der Waals surface area contributed by atoms with Crippen molar-refractivity contribution in [3.05, 3.63) is 0 Å². The summed E-state index contributed by atoms with van der Waals surface area (Å²) in [4.78, 5) is 13.3. The minimum Gasteiger partial charge on any atom is -0.444 e. The van der Waals surface area contributed by atoms with Crippen molar-refractivity contribution in [1.82, 2.24) is 4.90 Å². The molecule has 0 aromatic carbocycles. The molecule has 1 atom stereocenters. The minimum absolute atomic E-state index is 0.170. The molecule has 0 radical (unpaired) electrons. The molecule has 24 heavy (non-hydrogen) atoms. The second-order valence-electron chi connectivity index (χ2n) is 8.52. The van der Waals surface area contributed by atoms with E-state index >= 15 is 0 Å². The maximum Gasteiger partial charge on any atom is 0.410 e. The number of aliphatic hydroxyl groups is 1. The molecule has 1 N–H and O–H groups in total. The quantitative estimate of drug-likeness (QED) is 0.704. The summed E-state index contributed by atoms with van der Waals surface area (Å²) in [6.07, 6.45) is 7.52. The van der Waals surface area contributed by atoms with Crippen LogP contribution < -0.4 is 0 Å². The van der Waals surface area contributed by atoms with E-state index in [4.69, 9.17) is 4.74 Å². The Balaban J connectivity index is 0.000000449. The van der Waals surface area contributed by atoms with Gasteiger partial charge in [-0.1, -0.05) is 46.5 Å². The summed E-state index contributed by atoms with van der Waals surface area (Å²) in [5.74, 6) is 0.618. The molecule has 1 unspecified atom stereocenters. The fraction of sp³-hybridized carbons (Fsp3) is 0.950. The first-order chi connectivity index (χ1) is 11.0. The van der Waals surface area contributed by atoms with Gasteiger partial charge in [0.1, 0.15) is 5.60 Å². The molecule has 0 bridgehead atoms. The number of amides is 1. The van der Waals surface area contributed by atoms with Gasteiger partial charge in [0.05, 0.1) is 5.60 Å². The van der Waals surface area contributed by atoms with Crippen LogP contribution in [0.25, 0.3) is 0 Å². The van der Waals surface area contributed by atoms with E-state index in [2.05, 4.69) is 20.8 Å². The highest BCUT2D eigenvalue weighted by molar-refractivity contribution is 5.68. The third-order valence-electron chi connectivity index (χ3n) is 4.21. The van der Waals surface area contributed by atoms with Crippen LogP contribution in [0.4, 0.5) is 4.79 Å². The Morgan fingerprint density at radius 3 is 1.96 bits per heavy atom. The molecule has 4 nitrogen and oxygen atoms in total. The highest BCUT2D eigenvalue weighted by Crippen LogP contribution is 2.20. The van der Waals surface area contributed by atoms with Crippen LogP contribution in [0.2, 0.25) is 0 Å². The largest absolute Gasteiger partial charge is 0.444 e. The average molecular weight is 344 g/mol. The lowest BCUT2D eigenvalue weighted by molar-refractivity contribution is 0.0288. The van der Waals surface area contributed by atoms with Gasteiger partial charge in [0.15, 0.2) is 0 Å². The fourth-order valence-electron chi connectivity index (χ4n) is 2.67. The SMILES string of the molecule is CC1CCN(C(=O)OC(C)(C)C)C1.CCCCC(C)(O)CCCC. The Kier molecular flexibility index (Phi) is 10.6. The first-order valence-electron chi connectivity index (χ1n) is 9.71. The first kappa shape index (κ1) is 23.2. The maximum atomic E-state index is 11.5. The average Bonchev–Trinajstić information content (AvgIpc) is 2.89. The lowest BCUT2D eigenvalue weighted by atomic mass is 9.93. The Hall–Kier alpha value is -0.770. The van der Waals surface area contributed by atoms with Crippen LogP contribution in [0.5, 0.6) is 0 Å². The van der Waals surface area contributed by atoms with Gasteiger partial charge in [-0.25, -0.2) is 4.79 Å². The number of likely N-dealkylation sites (tertiary alicyclic amines) is 1.